The molecule has 0 aliphatic rings. The highest BCUT2D eigenvalue weighted by molar-refractivity contribution is 5.99. The minimum absolute atomic E-state index is 0.0705. The van der Waals surface area contributed by atoms with E-state index in [-0.39, 0.29) is 11.8 Å². The van der Waals surface area contributed by atoms with Gasteiger partial charge in [-0.1, -0.05) is 19.0 Å². The van der Waals surface area contributed by atoms with Crippen molar-refractivity contribution < 1.29 is 9.32 Å². The van der Waals surface area contributed by atoms with Gasteiger partial charge in [0.05, 0.1) is 0 Å². The fourth-order valence-corrected chi connectivity index (χ4v) is 3.31. The van der Waals surface area contributed by atoms with Crippen LogP contribution in [0.15, 0.2) is 47.2 Å². The number of fused-ring (bicyclic) bond motifs is 1. The quantitative estimate of drug-likeness (QED) is 0.529. The molecule has 0 bridgehead atoms. The van der Waals surface area contributed by atoms with Crippen LogP contribution in [0.5, 0.6) is 0 Å². The van der Waals surface area contributed by atoms with Gasteiger partial charge in [0, 0.05) is 40.1 Å². The number of aromatic amines is 1. The third-order valence-electron chi connectivity index (χ3n) is 5.15. The van der Waals surface area contributed by atoms with E-state index in [1.165, 1.54) is 0 Å². The van der Waals surface area contributed by atoms with Crippen molar-refractivity contribution in [1.29, 1.82) is 0 Å². The number of hydrogen-bond acceptors (Lipinski definition) is 5. The van der Waals surface area contributed by atoms with E-state index in [1.807, 2.05) is 58.0 Å². The van der Waals surface area contributed by atoms with Gasteiger partial charge in [0.1, 0.15) is 6.04 Å². The molecule has 0 spiro atoms. The molecule has 1 aromatic carbocycles. The first kappa shape index (κ1) is 18.9. The standard InChI is InChI=1S/C22H23N5O2/c1-12(2)19(22-26-20(27-29-22)16-6-5-9-23-11-16)25-21(28)15-7-8-18-17(10-15)13(3)14(4)24-18/h5-12,19,24H,1-4H3,(H,25,28). The molecular weight excluding hydrogens is 366 g/mol. The first-order valence-corrected chi connectivity index (χ1v) is 9.58. The first-order valence-electron chi connectivity index (χ1n) is 9.58. The number of aromatic nitrogens is 4. The molecule has 4 aromatic rings. The van der Waals surface area contributed by atoms with Crippen LogP contribution < -0.4 is 5.32 Å². The molecule has 0 fully saturated rings. The van der Waals surface area contributed by atoms with Crippen LogP contribution in [0.2, 0.25) is 0 Å². The lowest BCUT2D eigenvalue weighted by atomic mass is 10.0. The lowest BCUT2D eigenvalue weighted by Gasteiger charge is -2.18. The van der Waals surface area contributed by atoms with Crippen molar-refractivity contribution in [2.24, 2.45) is 5.92 Å². The summed E-state index contributed by atoms with van der Waals surface area (Å²) in [6.45, 7) is 8.08. The van der Waals surface area contributed by atoms with Crippen molar-refractivity contribution in [3.8, 4) is 11.4 Å². The highest BCUT2D eigenvalue weighted by Crippen LogP contribution is 2.25. The van der Waals surface area contributed by atoms with Gasteiger partial charge in [0.2, 0.25) is 11.7 Å². The van der Waals surface area contributed by atoms with E-state index >= 15 is 0 Å². The Morgan fingerprint density at radius 1 is 1.21 bits per heavy atom. The first-order chi connectivity index (χ1) is 13.9. The molecule has 7 nitrogen and oxygen atoms in total. The van der Waals surface area contributed by atoms with E-state index in [1.54, 1.807) is 12.4 Å². The van der Waals surface area contributed by atoms with E-state index < -0.39 is 6.04 Å². The third kappa shape index (κ3) is 3.63. The molecule has 1 atom stereocenters. The van der Waals surface area contributed by atoms with Gasteiger partial charge in [-0.05, 0) is 55.7 Å². The van der Waals surface area contributed by atoms with Gasteiger partial charge in [-0.3, -0.25) is 9.78 Å². The second kappa shape index (κ2) is 7.50. The van der Waals surface area contributed by atoms with E-state index in [0.29, 0.717) is 17.3 Å². The molecule has 4 rings (SSSR count). The Bertz CT molecular complexity index is 1160. The van der Waals surface area contributed by atoms with Crippen LogP contribution in [0.1, 0.15) is 47.4 Å². The van der Waals surface area contributed by atoms with Crippen molar-refractivity contribution in [2.45, 2.75) is 33.7 Å². The van der Waals surface area contributed by atoms with E-state index in [0.717, 1.165) is 27.7 Å². The minimum atomic E-state index is -0.398. The van der Waals surface area contributed by atoms with Crippen LogP contribution in [0.25, 0.3) is 22.3 Å². The maximum Gasteiger partial charge on any atom is 0.251 e. The summed E-state index contributed by atoms with van der Waals surface area (Å²) in [5.74, 6) is 0.723. The average molecular weight is 389 g/mol. The number of carbonyl (C=O) groups excluding carboxylic acids is 1. The Morgan fingerprint density at radius 3 is 2.76 bits per heavy atom. The molecule has 7 heteroatoms. The summed E-state index contributed by atoms with van der Waals surface area (Å²) in [6, 6.07) is 8.94. The molecule has 3 heterocycles. The van der Waals surface area contributed by atoms with Crippen LogP contribution in [-0.2, 0) is 0 Å². The van der Waals surface area contributed by atoms with Gasteiger partial charge < -0.3 is 14.8 Å². The number of pyridine rings is 1. The molecule has 0 saturated carbocycles. The molecule has 2 N–H and O–H groups in total. The number of hydrogen-bond donors (Lipinski definition) is 2. The minimum Gasteiger partial charge on any atom is -0.358 e. The van der Waals surface area contributed by atoms with Gasteiger partial charge in [-0.25, -0.2) is 0 Å². The van der Waals surface area contributed by atoms with Crippen LogP contribution in [0.3, 0.4) is 0 Å². The van der Waals surface area contributed by atoms with Crippen LogP contribution >= 0.6 is 0 Å². The van der Waals surface area contributed by atoms with Gasteiger partial charge >= 0.3 is 0 Å². The van der Waals surface area contributed by atoms with Crippen LogP contribution in [0, 0.1) is 19.8 Å². The summed E-state index contributed by atoms with van der Waals surface area (Å²) in [5.41, 5.74) is 4.63. The molecule has 1 unspecified atom stereocenters. The van der Waals surface area contributed by atoms with Crippen molar-refractivity contribution in [2.75, 3.05) is 0 Å². The van der Waals surface area contributed by atoms with Gasteiger partial charge in [0.15, 0.2) is 0 Å². The number of benzene rings is 1. The zero-order chi connectivity index (χ0) is 20.5. The van der Waals surface area contributed by atoms with E-state index in [2.05, 4.69) is 25.4 Å². The predicted molar refractivity (Wildman–Crippen MR) is 110 cm³/mol. The topological polar surface area (TPSA) is 96.7 Å². The number of nitrogens with one attached hydrogen (secondary N) is 2. The lowest BCUT2D eigenvalue weighted by molar-refractivity contribution is 0.0914. The maximum atomic E-state index is 13.0. The summed E-state index contributed by atoms with van der Waals surface area (Å²) in [4.78, 5) is 24.8. The van der Waals surface area contributed by atoms with Gasteiger partial charge in [-0.15, -0.1) is 0 Å². The number of aryl methyl sites for hydroxylation is 2. The maximum absolute atomic E-state index is 13.0. The fourth-order valence-electron chi connectivity index (χ4n) is 3.31. The lowest BCUT2D eigenvalue weighted by Crippen LogP contribution is -2.32. The summed E-state index contributed by atoms with van der Waals surface area (Å²) in [6.07, 6.45) is 3.36. The largest absolute Gasteiger partial charge is 0.358 e. The molecule has 0 radical (unpaired) electrons. The highest BCUT2D eigenvalue weighted by atomic mass is 16.5. The van der Waals surface area contributed by atoms with Crippen molar-refractivity contribution >= 4 is 16.8 Å². The molecule has 3 aromatic heterocycles. The van der Waals surface area contributed by atoms with Crippen LogP contribution in [0.4, 0.5) is 0 Å². The molecule has 148 valence electrons. The molecule has 1 amide bonds. The molecule has 0 aliphatic heterocycles. The summed E-state index contributed by atoms with van der Waals surface area (Å²) in [7, 11) is 0. The van der Waals surface area contributed by atoms with Gasteiger partial charge in [0.25, 0.3) is 5.91 Å². The average Bonchev–Trinajstić information content (AvgIpc) is 3.31. The van der Waals surface area contributed by atoms with Crippen molar-refractivity contribution in [1.82, 2.24) is 25.4 Å². The second-order valence-electron chi connectivity index (χ2n) is 7.53. The SMILES string of the molecule is Cc1[nH]c2ccc(C(=O)NC(c3nc(-c4cccnc4)no3)C(C)C)cc2c1C. The zero-order valence-electron chi connectivity index (χ0n) is 16.9. The zero-order valence-corrected chi connectivity index (χ0v) is 16.9. The number of carbonyl (C=O) groups is 1. The number of amides is 1. The van der Waals surface area contributed by atoms with Crippen molar-refractivity contribution in [3.63, 3.8) is 0 Å². The fraction of sp³-hybridized carbons (Fsp3) is 0.273. The smallest absolute Gasteiger partial charge is 0.251 e. The Morgan fingerprint density at radius 2 is 2.03 bits per heavy atom. The second-order valence-corrected chi connectivity index (χ2v) is 7.53. The molecule has 0 aliphatic carbocycles. The summed E-state index contributed by atoms with van der Waals surface area (Å²) in [5, 5.41) is 8.14. The Balaban J connectivity index is 1.59. The summed E-state index contributed by atoms with van der Waals surface area (Å²) < 4.78 is 5.46. The molecular formula is C22H23N5O2. The molecule has 0 saturated heterocycles. The van der Waals surface area contributed by atoms with Gasteiger partial charge in [-0.2, -0.15) is 4.98 Å². The highest BCUT2D eigenvalue weighted by Gasteiger charge is 2.25. The van der Waals surface area contributed by atoms with Crippen molar-refractivity contribution in [3.05, 3.63) is 65.4 Å². The predicted octanol–water partition coefficient (Wildman–Crippen LogP) is 4.36. The normalized spacial score (nSPS) is 12.4. The monoisotopic (exact) mass is 389 g/mol. The number of rotatable bonds is 5. The Kier molecular flexibility index (Phi) is 4.88. The third-order valence-corrected chi connectivity index (χ3v) is 5.15. The summed E-state index contributed by atoms with van der Waals surface area (Å²) >= 11 is 0. The Hall–Kier alpha value is -3.48. The Labute approximate surface area is 168 Å². The van der Waals surface area contributed by atoms with E-state index in [4.69, 9.17) is 4.52 Å². The van der Waals surface area contributed by atoms with E-state index in [9.17, 15) is 4.79 Å². The number of H-pyrrole nitrogens is 1. The number of nitrogens with zero attached hydrogens (tertiary/aromatic N) is 3. The van der Waals surface area contributed by atoms with Crippen LogP contribution in [-0.4, -0.2) is 26.0 Å². The molecule has 29 heavy (non-hydrogen) atoms.